The van der Waals surface area contributed by atoms with E-state index in [1.165, 1.54) is 12.1 Å². The van der Waals surface area contributed by atoms with Gasteiger partial charge in [-0.2, -0.15) is 13.0 Å². The molecular weight excluding hydrogens is 1090 g/mol. The molecule has 20 nitrogen and oxygen atoms in total. The van der Waals surface area contributed by atoms with E-state index in [0.717, 1.165) is 72.3 Å². The molecule has 430 valence electrons. The van der Waals surface area contributed by atoms with Gasteiger partial charge in [0.2, 0.25) is 5.69 Å². The molecule has 0 saturated carbocycles. The van der Waals surface area contributed by atoms with Crippen LogP contribution in [0, 0.1) is 0 Å². The zero-order chi connectivity index (χ0) is 59.5. The van der Waals surface area contributed by atoms with Crippen LogP contribution in [0.1, 0.15) is 121 Å². The number of carbonyl (C=O) groups is 5. The SMILES string of the molecule is CCC[NH+]1/C(=C/C=C/C2=[N+](CCCS(=O)(=O)[O-])c3c(cc(-c4cc(C(=O)NCC)nc(C(=O)NCC)c4)c4ccccc34)C2(C)C)C(C)(C)c2cc(-c3cc(C(=O)NCCC(=O)O)nc(C(=O)NCCS(=O)(=O)O)c3)c3ccccc3c21. The summed E-state index contributed by atoms with van der Waals surface area (Å²) in [6.45, 7) is 15.0. The Morgan fingerprint density at radius 2 is 1.15 bits per heavy atom. The lowest BCUT2D eigenvalue weighted by molar-refractivity contribution is -0.787. The van der Waals surface area contributed by atoms with Crippen molar-refractivity contribution in [3.63, 3.8) is 0 Å². The molecular formula is C60H67N8O12S2+. The van der Waals surface area contributed by atoms with Crippen LogP contribution in [-0.4, -0.2) is 132 Å². The van der Waals surface area contributed by atoms with Gasteiger partial charge in [-0.15, -0.1) is 0 Å². The van der Waals surface area contributed by atoms with Crippen LogP contribution in [0.15, 0.2) is 109 Å². The van der Waals surface area contributed by atoms with Crippen LogP contribution in [0.5, 0.6) is 0 Å². The number of carboxylic acids is 1. The van der Waals surface area contributed by atoms with Crippen molar-refractivity contribution in [2.45, 2.75) is 78.6 Å². The second kappa shape index (κ2) is 24.2. The summed E-state index contributed by atoms with van der Waals surface area (Å²) < 4.78 is 70.7. The molecule has 4 heterocycles. The highest BCUT2D eigenvalue weighted by Crippen LogP contribution is 2.49. The van der Waals surface area contributed by atoms with Gasteiger partial charge in [0.1, 0.15) is 40.7 Å². The summed E-state index contributed by atoms with van der Waals surface area (Å²) in [6.07, 6.45) is 6.58. The molecule has 1 unspecified atom stereocenters. The number of hydrogen-bond donors (Lipinski definition) is 7. The van der Waals surface area contributed by atoms with Gasteiger partial charge >= 0.3 is 5.97 Å². The Bertz CT molecular complexity index is 3890. The van der Waals surface area contributed by atoms with Gasteiger partial charge in [0.15, 0.2) is 5.71 Å². The van der Waals surface area contributed by atoms with Gasteiger partial charge < -0.3 is 30.9 Å². The van der Waals surface area contributed by atoms with Crippen molar-refractivity contribution < 1.29 is 64.5 Å². The number of pyridine rings is 2. The largest absolute Gasteiger partial charge is 0.748 e. The minimum atomic E-state index is -4.57. The van der Waals surface area contributed by atoms with Gasteiger partial charge in [0, 0.05) is 60.9 Å². The van der Waals surface area contributed by atoms with Crippen LogP contribution >= 0.6 is 0 Å². The predicted octanol–water partition coefficient (Wildman–Crippen LogP) is 6.11. The number of fused-ring (bicyclic) bond motifs is 6. The Morgan fingerprint density at radius 1 is 0.659 bits per heavy atom. The van der Waals surface area contributed by atoms with Crippen molar-refractivity contribution in [2.24, 2.45) is 0 Å². The van der Waals surface area contributed by atoms with Gasteiger partial charge in [-0.3, -0.25) is 33.4 Å². The van der Waals surface area contributed by atoms with E-state index in [2.05, 4.69) is 82.6 Å². The van der Waals surface area contributed by atoms with Crippen molar-refractivity contribution in [2.75, 3.05) is 50.8 Å². The van der Waals surface area contributed by atoms with E-state index in [4.69, 9.17) is 0 Å². The number of nitrogens with one attached hydrogen (secondary N) is 5. The van der Waals surface area contributed by atoms with Crippen molar-refractivity contribution in [1.29, 1.82) is 0 Å². The summed E-state index contributed by atoms with van der Waals surface area (Å²) in [6, 6.07) is 26.0. The highest BCUT2D eigenvalue weighted by atomic mass is 32.2. The lowest BCUT2D eigenvalue weighted by Gasteiger charge is -2.21. The molecule has 8 rings (SSSR count). The molecule has 22 heteroatoms. The number of nitrogens with zero attached hydrogens (tertiary/aromatic N) is 3. The lowest BCUT2D eigenvalue weighted by atomic mass is 9.79. The van der Waals surface area contributed by atoms with Crippen molar-refractivity contribution in [1.82, 2.24) is 31.2 Å². The number of hydrogen-bond acceptors (Lipinski definition) is 12. The van der Waals surface area contributed by atoms with Gasteiger partial charge in [-0.25, -0.2) is 18.4 Å². The molecule has 1 atom stereocenters. The summed E-state index contributed by atoms with van der Waals surface area (Å²) in [5, 5.41) is 23.1. The number of carboxylic acid groups (broad SMARTS) is 1. The fraction of sp³-hybridized carbons (Fsp3) is 0.333. The van der Waals surface area contributed by atoms with Gasteiger partial charge in [-0.1, -0.05) is 49.4 Å². The lowest BCUT2D eigenvalue weighted by Crippen LogP contribution is -3.04. The molecule has 0 fully saturated rings. The van der Waals surface area contributed by atoms with Crippen LogP contribution in [0.4, 0.5) is 11.4 Å². The van der Waals surface area contributed by atoms with Crippen molar-refractivity contribution in [3.8, 4) is 22.3 Å². The predicted molar refractivity (Wildman–Crippen MR) is 312 cm³/mol. The first kappa shape index (κ1) is 60.1. The molecule has 0 bridgehead atoms. The van der Waals surface area contributed by atoms with Gasteiger partial charge in [0.05, 0.1) is 45.1 Å². The molecule has 0 radical (unpaired) electrons. The summed E-state index contributed by atoms with van der Waals surface area (Å²) in [4.78, 5) is 75.1. The van der Waals surface area contributed by atoms with Gasteiger partial charge in [-0.05, 0) is 136 Å². The Labute approximate surface area is 476 Å². The molecule has 2 aliphatic heterocycles. The Hall–Kier alpha value is -8.02. The minimum Gasteiger partial charge on any atom is -0.748 e. The molecule has 2 aliphatic rings. The highest BCUT2D eigenvalue weighted by Gasteiger charge is 2.48. The Kier molecular flexibility index (Phi) is 17.7. The number of aromatic nitrogens is 2. The molecule has 82 heavy (non-hydrogen) atoms. The fourth-order valence-corrected chi connectivity index (χ4v) is 12.0. The third kappa shape index (κ3) is 12.7. The first-order chi connectivity index (χ1) is 38.8. The number of allylic oxidation sites excluding steroid dienone is 4. The van der Waals surface area contributed by atoms with E-state index in [1.807, 2.05) is 66.7 Å². The second-order valence-corrected chi connectivity index (χ2v) is 24.3. The molecule has 4 aromatic carbocycles. The maximum absolute atomic E-state index is 13.6. The van der Waals surface area contributed by atoms with E-state index in [0.29, 0.717) is 36.3 Å². The fourth-order valence-electron chi connectivity index (χ4n) is 11.1. The molecule has 0 aliphatic carbocycles. The second-order valence-electron chi connectivity index (χ2n) is 21.2. The quantitative estimate of drug-likeness (QED) is 0.0298. The average molecular weight is 1160 g/mol. The number of carbonyl (C=O) groups excluding carboxylic acids is 4. The molecule has 7 N–H and O–H groups in total. The Morgan fingerprint density at radius 3 is 1.65 bits per heavy atom. The number of benzene rings is 4. The molecule has 6 aromatic rings. The van der Waals surface area contributed by atoms with E-state index in [-0.39, 0.29) is 48.7 Å². The summed E-state index contributed by atoms with van der Waals surface area (Å²) in [5.74, 6) is -4.90. The molecule has 0 spiro atoms. The highest BCUT2D eigenvalue weighted by molar-refractivity contribution is 7.86. The maximum atomic E-state index is 13.6. The topological polar surface area (TPSA) is 298 Å². The zero-order valence-electron chi connectivity index (χ0n) is 46.7. The van der Waals surface area contributed by atoms with Crippen molar-refractivity contribution >= 4 is 88.5 Å². The summed E-state index contributed by atoms with van der Waals surface area (Å²) in [7, 11) is -8.99. The normalized spacial score (nSPS) is 15.9. The van der Waals surface area contributed by atoms with E-state index >= 15 is 0 Å². The average Bonchev–Trinajstić information content (AvgIpc) is 2.78. The zero-order valence-corrected chi connectivity index (χ0v) is 48.4. The molecule has 0 saturated heterocycles. The minimum absolute atomic E-state index is 0.0345. The monoisotopic (exact) mass is 1160 g/mol. The number of rotatable bonds is 22. The van der Waals surface area contributed by atoms with Crippen LogP contribution in [0.25, 0.3) is 43.8 Å². The third-order valence-corrected chi connectivity index (χ3v) is 16.4. The van der Waals surface area contributed by atoms with Crippen molar-refractivity contribution in [3.05, 3.63) is 143 Å². The smallest absolute Gasteiger partial charge is 0.305 e. The van der Waals surface area contributed by atoms with E-state index < -0.39 is 78.7 Å². The first-order valence-electron chi connectivity index (χ1n) is 27.1. The summed E-state index contributed by atoms with van der Waals surface area (Å²) in [5.41, 5.74) is 6.25. The number of quaternary nitrogens is 1. The summed E-state index contributed by atoms with van der Waals surface area (Å²) >= 11 is 0. The van der Waals surface area contributed by atoms with Gasteiger partial charge in [0.25, 0.3) is 33.7 Å². The molecule has 4 amide bonds. The Balaban J connectivity index is 1.27. The van der Waals surface area contributed by atoms with Crippen LogP contribution in [0.2, 0.25) is 0 Å². The van der Waals surface area contributed by atoms with Crippen LogP contribution in [0.3, 0.4) is 0 Å². The number of amides is 4. The molecule has 2 aromatic heterocycles. The number of aliphatic carboxylic acids is 1. The third-order valence-electron chi connectivity index (χ3n) is 14.8. The first-order valence-corrected chi connectivity index (χ1v) is 30.3. The van der Waals surface area contributed by atoms with E-state index in [9.17, 15) is 55.0 Å². The van der Waals surface area contributed by atoms with E-state index in [1.54, 1.807) is 26.0 Å². The maximum Gasteiger partial charge on any atom is 0.305 e. The standard InChI is InChI=1S/C60H66N8O12S2/c1-8-26-67-50(59(4,5)44-34-42(38-17-11-13-19-40(38)53(44)67)37-32-48(57(73)63-24-23-52(69)70)66-49(33-37)58(74)64-25-29-82(78,79)80)21-15-22-51-60(6,7)45-35-43(36-30-46(55(71)61-9-2)65-47(31-36)56(72)62-10-3)39-18-12-14-20-41(39)54(45)68(51)27-16-28-81(75,76)77/h11-15,17-22,30-35H,8-10,16,23-29H2,1-7H3,(H6-,61,62,63,64,69,70,71,72,73,74,75,76,77,78,79,80)/p+1. The van der Waals surface area contributed by atoms with Crippen LogP contribution in [-0.2, 0) is 35.9 Å². The van der Waals surface area contributed by atoms with Crippen LogP contribution < -0.4 is 26.2 Å².